The number of amides is 1. The molecule has 1 heterocycles. The lowest BCUT2D eigenvalue weighted by Gasteiger charge is -2.03. The number of hydrogen-bond donors (Lipinski definition) is 3. The summed E-state index contributed by atoms with van der Waals surface area (Å²) in [6, 6.07) is 0. The van der Waals surface area contributed by atoms with E-state index in [4.69, 9.17) is 15.9 Å². The summed E-state index contributed by atoms with van der Waals surface area (Å²) in [7, 11) is 0. The van der Waals surface area contributed by atoms with Gasteiger partial charge in [-0.3, -0.25) is 4.79 Å². The normalized spacial score (nSPS) is 10.0. The second-order valence-corrected chi connectivity index (χ2v) is 2.96. The summed E-state index contributed by atoms with van der Waals surface area (Å²) in [5, 5.41) is 17.5. The van der Waals surface area contributed by atoms with E-state index in [1.165, 1.54) is 0 Å². The minimum Gasteiger partial charge on any atom is -0.476 e. The number of aromatic carboxylic acids is 2. The van der Waals surface area contributed by atoms with Crippen molar-refractivity contribution in [2.75, 3.05) is 0 Å². The third-order valence-electron chi connectivity index (χ3n) is 1.84. The summed E-state index contributed by atoms with van der Waals surface area (Å²) in [5.74, 6) is -3.46. The topological polar surface area (TPSA) is 136 Å². The SMILES string of the molecule is NC(=O)CCn1cnc(C(=O)O)c1C(=O)O. The minimum absolute atomic E-state index is 0.0166. The van der Waals surface area contributed by atoms with E-state index in [9.17, 15) is 14.4 Å². The van der Waals surface area contributed by atoms with Gasteiger partial charge in [0.15, 0.2) is 11.4 Å². The van der Waals surface area contributed by atoms with Gasteiger partial charge in [0, 0.05) is 13.0 Å². The quantitative estimate of drug-likeness (QED) is 0.599. The standard InChI is InChI=1S/C8H9N3O5/c9-4(12)1-2-11-3-10-5(7(13)14)6(11)8(15)16/h3H,1-2H2,(H2,9,12)(H,13,14)(H,15,16). The third kappa shape index (κ3) is 2.35. The summed E-state index contributed by atoms with van der Waals surface area (Å²) in [6.45, 7) is -0.0166. The van der Waals surface area contributed by atoms with Gasteiger partial charge in [0.25, 0.3) is 0 Å². The van der Waals surface area contributed by atoms with Gasteiger partial charge in [0.05, 0.1) is 6.33 Å². The number of carbonyl (C=O) groups is 3. The number of carboxylic acids is 2. The Morgan fingerprint density at radius 2 is 1.94 bits per heavy atom. The van der Waals surface area contributed by atoms with E-state index in [1.54, 1.807) is 0 Å². The average Bonchev–Trinajstić information content (AvgIpc) is 2.57. The van der Waals surface area contributed by atoms with E-state index >= 15 is 0 Å². The summed E-state index contributed by atoms with van der Waals surface area (Å²) < 4.78 is 1.07. The summed E-state index contributed by atoms with van der Waals surface area (Å²) in [5.41, 5.74) is 3.87. The highest BCUT2D eigenvalue weighted by Crippen LogP contribution is 2.08. The largest absolute Gasteiger partial charge is 0.476 e. The number of carboxylic acid groups (broad SMARTS) is 2. The molecular weight excluding hydrogens is 218 g/mol. The van der Waals surface area contributed by atoms with Crippen molar-refractivity contribution in [3.8, 4) is 0 Å². The maximum Gasteiger partial charge on any atom is 0.357 e. The van der Waals surface area contributed by atoms with E-state index in [2.05, 4.69) is 4.98 Å². The molecule has 0 aliphatic heterocycles. The Bertz CT molecular complexity index is 451. The van der Waals surface area contributed by atoms with Crippen LogP contribution in [0.25, 0.3) is 0 Å². The summed E-state index contributed by atoms with van der Waals surface area (Å²) in [6.07, 6.45) is 0.964. The molecule has 8 heteroatoms. The van der Waals surface area contributed by atoms with E-state index in [0.717, 1.165) is 10.9 Å². The van der Waals surface area contributed by atoms with E-state index < -0.39 is 29.2 Å². The molecule has 1 aromatic heterocycles. The van der Waals surface area contributed by atoms with E-state index in [1.807, 2.05) is 0 Å². The molecule has 0 aliphatic rings. The van der Waals surface area contributed by atoms with Gasteiger partial charge in [0.1, 0.15) is 0 Å². The van der Waals surface area contributed by atoms with Crippen LogP contribution in [0, 0.1) is 0 Å². The molecule has 1 amide bonds. The number of aryl methyl sites for hydroxylation is 1. The molecule has 86 valence electrons. The van der Waals surface area contributed by atoms with Crippen LogP contribution in [-0.2, 0) is 11.3 Å². The first kappa shape index (κ1) is 11.7. The van der Waals surface area contributed by atoms with Gasteiger partial charge in [0.2, 0.25) is 5.91 Å². The Morgan fingerprint density at radius 1 is 1.31 bits per heavy atom. The summed E-state index contributed by atoms with van der Waals surface area (Å²) >= 11 is 0. The molecule has 0 fully saturated rings. The highest BCUT2D eigenvalue weighted by Gasteiger charge is 2.22. The molecule has 0 atom stereocenters. The maximum absolute atomic E-state index is 10.8. The number of nitrogens with two attached hydrogens (primary N) is 1. The first-order valence-electron chi connectivity index (χ1n) is 4.23. The van der Waals surface area contributed by atoms with Crippen molar-refractivity contribution in [2.45, 2.75) is 13.0 Å². The molecule has 1 rings (SSSR count). The fourth-order valence-electron chi connectivity index (χ4n) is 1.16. The minimum atomic E-state index is -1.43. The summed E-state index contributed by atoms with van der Waals surface area (Å²) in [4.78, 5) is 35.4. The first-order chi connectivity index (χ1) is 7.43. The molecule has 0 radical (unpaired) electrons. The Hall–Kier alpha value is -2.38. The fraction of sp³-hybridized carbons (Fsp3) is 0.250. The molecule has 0 saturated heterocycles. The van der Waals surface area contributed by atoms with Crippen molar-refractivity contribution >= 4 is 17.8 Å². The molecule has 0 bridgehead atoms. The van der Waals surface area contributed by atoms with Crippen LogP contribution in [-0.4, -0.2) is 37.6 Å². The predicted molar refractivity (Wildman–Crippen MR) is 50.0 cm³/mol. The van der Waals surface area contributed by atoms with Crippen molar-refractivity contribution in [2.24, 2.45) is 5.73 Å². The van der Waals surface area contributed by atoms with Crippen molar-refractivity contribution < 1.29 is 24.6 Å². The number of imidazole rings is 1. The molecule has 0 unspecified atom stereocenters. The average molecular weight is 227 g/mol. The zero-order valence-corrected chi connectivity index (χ0v) is 8.08. The molecule has 1 aromatic rings. The highest BCUT2D eigenvalue weighted by molar-refractivity contribution is 5.99. The van der Waals surface area contributed by atoms with Gasteiger partial charge in [-0.05, 0) is 0 Å². The fourth-order valence-corrected chi connectivity index (χ4v) is 1.16. The van der Waals surface area contributed by atoms with Crippen LogP contribution in [0.5, 0.6) is 0 Å². The first-order valence-corrected chi connectivity index (χ1v) is 4.23. The number of rotatable bonds is 5. The van der Waals surface area contributed by atoms with Gasteiger partial charge < -0.3 is 20.5 Å². The van der Waals surface area contributed by atoms with E-state index in [0.29, 0.717) is 0 Å². The van der Waals surface area contributed by atoms with Gasteiger partial charge in [-0.1, -0.05) is 0 Å². The number of primary amides is 1. The van der Waals surface area contributed by atoms with Crippen molar-refractivity contribution in [1.29, 1.82) is 0 Å². The smallest absolute Gasteiger partial charge is 0.357 e. The van der Waals surface area contributed by atoms with Crippen LogP contribution < -0.4 is 5.73 Å². The molecule has 0 aliphatic carbocycles. The molecule has 8 nitrogen and oxygen atoms in total. The lowest BCUT2D eigenvalue weighted by molar-refractivity contribution is -0.118. The number of carbonyl (C=O) groups excluding carboxylic acids is 1. The number of aromatic nitrogens is 2. The van der Waals surface area contributed by atoms with Crippen molar-refractivity contribution in [3.63, 3.8) is 0 Å². The third-order valence-corrected chi connectivity index (χ3v) is 1.84. The molecule has 0 saturated carbocycles. The predicted octanol–water partition coefficient (Wildman–Crippen LogP) is -0.845. The lowest BCUT2D eigenvalue weighted by Crippen LogP contribution is -2.17. The zero-order valence-electron chi connectivity index (χ0n) is 8.08. The monoisotopic (exact) mass is 227 g/mol. The second-order valence-electron chi connectivity index (χ2n) is 2.96. The van der Waals surface area contributed by atoms with Crippen LogP contribution in [0.1, 0.15) is 27.4 Å². The van der Waals surface area contributed by atoms with Gasteiger partial charge >= 0.3 is 11.9 Å². The Labute approximate surface area is 89.3 Å². The molecule has 16 heavy (non-hydrogen) atoms. The number of nitrogens with zero attached hydrogens (tertiary/aromatic N) is 2. The lowest BCUT2D eigenvalue weighted by atomic mass is 10.3. The molecule has 0 spiro atoms. The van der Waals surface area contributed by atoms with Gasteiger partial charge in [-0.2, -0.15) is 0 Å². The van der Waals surface area contributed by atoms with Crippen LogP contribution in [0.4, 0.5) is 0 Å². The Morgan fingerprint density at radius 3 is 2.38 bits per heavy atom. The Kier molecular flexibility index (Phi) is 3.24. The van der Waals surface area contributed by atoms with Crippen LogP contribution in [0.3, 0.4) is 0 Å². The number of hydrogen-bond acceptors (Lipinski definition) is 4. The maximum atomic E-state index is 10.8. The molecule has 4 N–H and O–H groups in total. The van der Waals surface area contributed by atoms with Crippen molar-refractivity contribution in [3.05, 3.63) is 17.7 Å². The van der Waals surface area contributed by atoms with Gasteiger partial charge in [-0.15, -0.1) is 0 Å². The second kappa shape index (κ2) is 4.43. The van der Waals surface area contributed by atoms with Crippen LogP contribution in [0.15, 0.2) is 6.33 Å². The zero-order chi connectivity index (χ0) is 12.3. The highest BCUT2D eigenvalue weighted by atomic mass is 16.4. The van der Waals surface area contributed by atoms with Crippen LogP contribution in [0.2, 0.25) is 0 Å². The molecule has 0 aromatic carbocycles. The van der Waals surface area contributed by atoms with Crippen molar-refractivity contribution in [1.82, 2.24) is 9.55 Å². The van der Waals surface area contributed by atoms with E-state index in [-0.39, 0.29) is 13.0 Å². The van der Waals surface area contributed by atoms with Gasteiger partial charge in [-0.25, -0.2) is 14.6 Å². The molecular formula is C8H9N3O5. The Balaban J connectivity index is 3.05. The van der Waals surface area contributed by atoms with Crippen LogP contribution >= 0.6 is 0 Å².